The van der Waals surface area contributed by atoms with Crippen molar-refractivity contribution in [3.63, 3.8) is 0 Å². The molecule has 1 aliphatic rings. The van der Waals surface area contributed by atoms with Gasteiger partial charge in [0.2, 0.25) is 0 Å². The third-order valence-corrected chi connectivity index (χ3v) is 7.79. The highest BCUT2D eigenvalue weighted by molar-refractivity contribution is 7.91. The normalized spacial score (nSPS) is 14.1. The van der Waals surface area contributed by atoms with Crippen LogP contribution in [-0.2, 0) is 22.1 Å². The van der Waals surface area contributed by atoms with Crippen LogP contribution < -0.4 is 10.1 Å². The SMILES string of the molecule is CC(C)Oc1ccc(CNC(=O)c2cc3c(s2)-c2ccc(Cl)cc2S(=O)(=O)C3)cc1. The quantitative estimate of drug-likeness (QED) is 0.575. The van der Waals surface area contributed by atoms with Crippen LogP contribution in [0, 0.1) is 0 Å². The molecule has 0 saturated heterocycles. The van der Waals surface area contributed by atoms with E-state index in [1.807, 2.05) is 38.1 Å². The molecule has 1 N–H and O–H groups in total. The van der Waals surface area contributed by atoms with Crippen LogP contribution in [0.25, 0.3) is 10.4 Å². The molecule has 0 saturated carbocycles. The molecule has 0 spiro atoms. The number of amides is 1. The first-order valence-electron chi connectivity index (χ1n) is 9.42. The minimum atomic E-state index is -3.48. The van der Waals surface area contributed by atoms with Crippen molar-refractivity contribution in [2.45, 2.75) is 37.1 Å². The molecular formula is C22H20ClNO4S2. The van der Waals surface area contributed by atoms with Crippen LogP contribution in [0.5, 0.6) is 5.75 Å². The minimum absolute atomic E-state index is 0.102. The lowest BCUT2D eigenvalue weighted by Gasteiger charge is -2.16. The first-order valence-corrected chi connectivity index (χ1v) is 12.3. The smallest absolute Gasteiger partial charge is 0.261 e. The summed E-state index contributed by atoms with van der Waals surface area (Å²) in [5.41, 5.74) is 2.20. The summed E-state index contributed by atoms with van der Waals surface area (Å²) < 4.78 is 30.8. The third-order valence-electron chi connectivity index (χ3n) is 4.65. The van der Waals surface area contributed by atoms with Crippen molar-refractivity contribution in [3.8, 4) is 16.2 Å². The molecule has 4 rings (SSSR count). The first kappa shape index (κ1) is 20.9. The number of carbonyl (C=O) groups excluding carboxylic acids is 1. The Morgan fingerprint density at radius 3 is 2.60 bits per heavy atom. The van der Waals surface area contributed by atoms with E-state index in [0.29, 0.717) is 27.6 Å². The molecule has 3 aromatic rings. The molecule has 1 aromatic heterocycles. The summed E-state index contributed by atoms with van der Waals surface area (Å²) in [6, 6.07) is 14.1. The largest absolute Gasteiger partial charge is 0.491 e. The van der Waals surface area contributed by atoms with E-state index in [1.165, 1.54) is 17.4 Å². The Bertz CT molecular complexity index is 1210. The van der Waals surface area contributed by atoms with Gasteiger partial charge in [-0.2, -0.15) is 0 Å². The number of nitrogens with one attached hydrogen (secondary N) is 1. The van der Waals surface area contributed by atoms with E-state index in [2.05, 4.69) is 5.32 Å². The number of hydrogen-bond acceptors (Lipinski definition) is 5. The number of ether oxygens (including phenoxy) is 1. The van der Waals surface area contributed by atoms with Gasteiger partial charge in [-0.15, -0.1) is 11.3 Å². The Kier molecular flexibility index (Phi) is 5.61. The van der Waals surface area contributed by atoms with E-state index in [1.54, 1.807) is 18.2 Å². The molecule has 1 aliphatic heterocycles. The summed E-state index contributed by atoms with van der Waals surface area (Å²) >= 11 is 7.29. The van der Waals surface area contributed by atoms with Crippen LogP contribution >= 0.6 is 22.9 Å². The number of thiophene rings is 1. The fraction of sp³-hybridized carbons (Fsp3) is 0.227. The molecule has 1 amide bonds. The van der Waals surface area contributed by atoms with Crippen LogP contribution in [0.1, 0.15) is 34.6 Å². The lowest BCUT2D eigenvalue weighted by atomic mass is 10.1. The molecule has 2 heterocycles. The van der Waals surface area contributed by atoms with Gasteiger partial charge in [0, 0.05) is 22.0 Å². The van der Waals surface area contributed by atoms with Gasteiger partial charge < -0.3 is 10.1 Å². The molecular weight excluding hydrogens is 442 g/mol. The van der Waals surface area contributed by atoms with Crippen LogP contribution in [0.2, 0.25) is 5.02 Å². The molecule has 8 heteroatoms. The molecule has 0 fully saturated rings. The lowest BCUT2D eigenvalue weighted by molar-refractivity contribution is 0.0955. The molecule has 5 nitrogen and oxygen atoms in total. The number of rotatable bonds is 5. The van der Waals surface area contributed by atoms with Crippen LogP contribution in [0.3, 0.4) is 0 Å². The van der Waals surface area contributed by atoms with Gasteiger partial charge in [0.1, 0.15) is 5.75 Å². The van der Waals surface area contributed by atoms with Crippen molar-refractivity contribution in [1.29, 1.82) is 0 Å². The molecule has 0 aliphatic carbocycles. The third kappa shape index (κ3) is 4.24. The average Bonchev–Trinajstić information content (AvgIpc) is 3.10. The number of hydrogen-bond donors (Lipinski definition) is 1. The number of sulfone groups is 1. The van der Waals surface area contributed by atoms with Gasteiger partial charge in [0.25, 0.3) is 5.91 Å². The van der Waals surface area contributed by atoms with Crippen molar-refractivity contribution in [2.24, 2.45) is 0 Å². The highest BCUT2D eigenvalue weighted by atomic mass is 35.5. The Balaban J connectivity index is 1.51. The Labute approximate surface area is 184 Å². The maximum Gasteiger partial charge on any atom is 0.261 e. The molecule has 0 atom stereocenters. The van der Waals surface area contributed by atoms with Crippen LogP contribution in [0.4, 0.5) is 0 Å². The van der Waals surface area contributed by atoms with E-state index in [4.69, 9.17) is 16.3 Å². The number of fused-ring (bicyclic) bond motifs is 3. The van der Waals surface area contributed by atoms with Crippen molar-refractivity contribution in [3.05, 3.63) is 69.6 Å². The van der Waals surface area contributed by atoms with Gasteiger partial charge >= 0.3 is 0 Å². The molecule has 30 heavy (non-hydrogen) atoms. The van der Waals surface area contributed by atoms with E-state index in [-0.39, 0.29) is 22.7 Å². The Morgan fingerprint density at radius 1 is 1.17 bits per heavy atom. The summed E-state index contributed by atoms with van der Waals surface area (Å²) in [6.45, 7) is 4.30. The van der Waals surface area contributed by atoms with Crippen molar-refractivity contribution < 1.29 is 17.9 Å². The highest BCUT2D eigenvalue weighted by Crippen LogP contribution is 2.43. The van der Waals surface area contributed by atoms with Crippen LogP contribution in [-0.4, -0.2) is 20.4 Å². The second-order valence-corrected chi connectivity index (χ2v) is 10.8. The van der Waals surface area contributed by atoms with Crippen molar-refractivity contribution in [2.75, 3.05) is 0 Å². The monoisotopic (exact) mass is 461 g/mol. The molecule has 0 unspecified atom stereocenters. The predicted octanol–water partition coefficient (Wildman–Crippen LogP) is 5.07. The lowest BCUT2D eigenvalue weighted by Crippen LogP contribution is -2.21. The fourth-order valence-corrected chi connectivity index (χ4v) is 6.46. The minimum Gasteiger partial charge on any atom is -0.491 e. The van der Waals surface area contributed by atoms with E-state index < -0.39 is 9.84 Å². The molecule has 0 bridgehead atoms. The molecule has 2 aromatic carbocycles. The number of halogens is 1. The standard InChI is InChI=1S/C22H20ClNO4S2/c1-13(2)28-17-6-3-14(4-7-17)11-24-22(25)19-9-15-12-30(26,27)20-10-16(23)5-8-18(20)21(15)29-19/h3-10,13H,11-12H2,1-2H3,(H,24,25). The van der Waals surface area contributed by atoms with Crippen molar-refractivity contribution >= 4 is 38.7 Å². The zero-order valence-electron chi connectivity index (χ0n) is 16.4. The van der Waals surface area contributed by atoms with Gasteiger partial charge in [0.15, 0.2) is 9.84 Å². The number of carbonyl (C=O) groups is 1. The van der Waals surface area contributed by atoms with Gasteiger partial charge in [0.05, 0.1) is 21.6 Å². The van der Waals surface area contributed by atoms with Gasteiger partial charge in [-0.1, -0.05) is 29.8 Å². The van der Waals surface area contributed by atoms with E-state index in [9.17, 15) is 13.2 Å². The average molecular weight is 462 g/mol. The van der Waals surface area contributed by atoms with E-state index >= 15 is 0 Å². The van der Waals surface area contributed by atoms with E-state index in [0.717, 1.165) is 16.2 Å². The Morgan fingerprint density at radius 2 is 1.90 bits per heavy atom. The molecule has 0 radical (unpaired) electrons. The summed E-state index contributed by atoms with van der Waals surface area (Å²) in [6.07, 6.45) is 0.102. The Hall–Kier alpha value is -2.35. The zero-order valence-corrected chi connectivity index (χ0v) is 18.8. The number of benzene rings is 2. The summed E-state index contributed by atoms with van der Waals surface area (Å²) in [4.78, 5) is 14.2. The first-order chi connectivity index (χ1) is 14.2. The second kappa shape index (κ2) is 8.06. The molecule has 156 valence electrons. The second-order valence-electron chi connectivity index (χ2n) is 7.36. The summed E-state index contributed by atoms with van der Waals surface area (Å²) in [5, 5.41) is 3.27. The fourth-order valence-electron chi connectivity index (χ4n) is 3.33. The van der Waals surface area contributed by atoms with Crippen molar-refractivity contribution in [1.82, 2.24) is 5.32 Å². The van der Waals surface area contributed by atoms with Crippen LogP contribution in [0.15, 0.2) is 53.4 Å². The highest BCUT2D eigenvalue weighted by Gasteiger charge is 2.31. The zero-order chi connectivity index (χ0) is 21.5. The predicted molar refractivity (Wildman–Crippen MR) is 119 cm³/mol. The van der Waals surface area contributed by atoms with Gasteiger partial charge in [-0.25, -0.2) is 8.42 Å². The summed E-state index contributed by atoms with van der Waals surface area (Å²) in [5.74, 6) is 0.423. The van der Waals surface area contributed by atoms with Gasteiger partial charge in [-0.05, 0) is 55.3 Å². The maximum atomic E-state index is 12.7. The topological polar surface area (TPSA) is 72.5 Å². The van der Waals surface area contributed by atoms with Gasteiger partial charge in [-0.3, -0.25) is 4.79 Å². The summed E-state index contributed by atoms with van der Waals surface area (Å²) in [7, 11) is -3.48. The maximum absolute atomic E-state index is 12.7.